The molecule has 2 atom stereocenters. The summed E-state index contributed by atoms with van der Waals surface area (Å²) >= 11 is 0. The number of hydrogen-bond donors (Lipinski definition) is 1. The van der Waals surface area contributed by atoms with Gasteiger partial charge in [-0.05, 0) is 32.6 Å². The van der Waals surface area contributed by atoms with Crippen molar-refractivity contribution in [2.45, 2.75) is 50.7 Å². The van der Waals surface area contributed by atoms with Crippen LogP contribution in [0.15, 0.2) is 0 Å². The molecule has 0 radical (unpaired) electrons. The van der Waals surface area contributed by atoms with Gasteiger partial charge in [0, 0.05) is 37.9 Å². The van der Waals surface area contributed by atoms with Crippen LogP contribution >= 0.6 is 0 Å². The Hall–Kier alpha value is -0.120. The van der Waals surface area contributed by atoms with Gasteiger partial charge in [0.25, 0.3) is 0 Å². The number of likely N-dealkylation sites (tertiary alicyclic amines) is 1. The van der Waals surface area contributed by atoms with Crippen molar-refractivity contribution in [3.8, 4) is 0 Å². The molecule has 14 heavy (non-hydrogen) atoms. The van der Waals surface area contributed by atoms with Gasteiger partial charge in [0.1, 0.15) is 0 Å². The minimum atomic E-state index is 0.432. The van der Waals surface area contributed by atoms with E-state index < -0.39 is 0 Å². The van der Waals surface area contributed by atoms with Crippen LogP contribution in [-0.2, 0) is 4.74 Å². The molecule has 2 N–H and O–H groups in total. The van der Waals surface area contributed by atoms with Crippen LogP contribution in [0.4, 0.5) is 0 Å². The van der Waals surface area contributed by atoms with Crippen LogP contribution in [0.1, 0.15) is 32.6 Å². The van der Waals surface area contributed by atoms with Crippen LogP contribution in [0.25, 0.3) is 0 Å². The summed E-state index contributed by atoms with van der Waals surface area (Å²) in [6, 6.07) is 1.86. The number of nitrogens with two attached hydrogens (primary N) is 1. The fraction of sp³-hybridized carbons (Fsp3) is 1.00. The lowest BCUT2D eigenvalue weighted by molar-refractivity contribution is 0.00610. The molecule has 2 fully saturated rings. The Labute approximate surface area is 86.6 Å². The third-order valence-electron chi connectivity index (χ3n) is 3.63. The second kappa shape index (κ2) is 4.60. The first kappa shape index (κ1) is 10.4. The molecule has 0 aliphatic carbocycles. The zero-order valence-electron chi connectivity index (χ0n) is 9.11. The zero-order valence-corrected chi connectivity index (χ0v) is 9.11. The monoisotopic (exact) mass is 198 g/mol. The van der Waals surface area contributed by atoms with Gasteiger partial charge in [-0.3, -0.25) is 4.90 Å². The second-order valence-corrected chi connectivity index (χ2v) is 4.71. The van der Waals surface area contributed by atoms with Crippen molar-refractivity contribution in [1.29, 1.82) is 0 Å². The molecule has 0 aromatic rings. The Kier molecular flexibility index (Phi) is 3.42. The Morgan fingerprint density at radius 1 is 1.21 bits per heavy atom. The predicted octanol–water partition coefficient (Wildman–Crippen LogP) is 0.977. The number of hydrogen-bond acceptors (Lipinski definition) is 3. The first-order valence-electron chi connectivity index (χ1n) is 5.86. The average molecular weight is 198 g/mol. The molecule has 3 nitrogen and oxygen atoms in total. The van der Waals surface area contributed by atoms with Gasteiger partial charge in [-0.1, -0.05) is 0 Å². The van der Waals surface area contributed by atoms with Crippen molar-refractivity contribution in [2.24, 2.45) is 5.73 Å². The maximum absolute atomic E-state index is 5.97. The fourth-order valence-electron chi connectivity index (χ4n) is 2.79. The van der Waals surface area contributed by atoms with Crippen molar-refractivity contribution < 1.29 is 4.74 Å². The lowest BCUT2D eigenvalue weighted by atomic mass is 9.95. The molecule has 0 aromatic carbocycles. The molecular formula is C11H22N2O. The van der Waals surface area contributed by atoms with Gasteiger partial charge in [0.05, 0.1) is 0 Å². The van der Waals surface area contributed by atoms with Gasteiger partial charge < -0.3 is 10.5 Å². The smallest absolute Gasteiger partial charge is 0.0480 e. The van der Waals surface area contributed by atoms with Crippen molar-refractivity contribution >= 4 is 0 Å². The maximum atomic E-state index is 5.97. The fourth-order valence-corrected chi connectivity index (χ4v) is 2.79. The third kappa shape index (κ3) is 2.27. The van der Waals surface area contributed by atoms with E-state index in [1.165, 1.54) is 25.8 Å². The summed E-state index contributed by atoms with van der Waals surface area (Å²) in [4.78, 5) is 2.64. The van der Waals surface area contributed by atoms with Gasteiger partial charge in [-0.15, -0.1) is 0 Å². The lowest BCUT2D eigenvalue weighted by Gasteiger charge is -2.43. The maximum Gasteiger partial charge on any atom is 0.0480 e. The Balaban J connectivity index is 1.89. The van der Waals surface area contributed by atoms with Crippen molar-refractivity contribution in [1.82, 2.24) is 4.90 Å². The summed E-state index contributed by atoms with van der Waals surface area (Å²) in [7, 11) is 0. The Bertz CT molecular complexity index is 180. The molecule has 0 saturated carbocycles. The standard InChI is InChI=1S/C11H22N2O/c1-9-8-10(12)2-5-13(9)11-3-6-14-7-4-11/h9-11H,2-8,12H2,1H3/t9-,10?/m0/s1. The van der Waals surface area contributed by atoms with E-state index in [2.05, 4.69) is 11.8 Å². The highest BCUT2D eigenvalue weighted by Crippen LogP contribution is 2.23. The van der Waals surface area contributed by atoms with E-state index in [-0.39, 0.29) is 0 Å². The molecule has 0 bridgehead atoms. The molecule has 0 aromatic heterocycles. The van der Waals surface area contributed by atoms with Gasteiger partial charge in [0.2, 0.25) is 0 Å². The second-order valence-electron chi connectivity index (χ2n) is 4.71. The quantitative estimate of drug-likeness (QED) is 0.682. The average Bonchev–Trinajstić information content (AvgIpc) is 2.19. The van der Waals surface area contributed by atoms with E-state index in [1.807, 2.05) is 0 Å². The van der Waals surface area contributed by atoms with Crippen LogP contribution in [-0.4, -0.2) is 42.8 Å². The molecule has 2 aliphatic heterocycles. The van der Waals surface area contributed by atoms with Crippen LogP contribution in [0, 0.1) is 0 Å². The normalized spacial score (nSPS) is 37.3. The van der Waals surface area contributed by atoms with Crippen molar-refractivity contribution in [2.75, 3.05) is 19.8 Å². The minimum absolute atomic E-state index is 0.432. The highest BCUT2D eigenvalue weighted by atomic mass is 16.5. The van der Waals surface area contributed by atoms with Gasteiger partial charge >= 0.3 is 0 Å². The Morgan fingerprint density at radius 3 is 2.57 bits per heavy atom. The molecule has 3 heteroatoms. The van der Waals surface area contributed by atoms with Crippen molar-refractivity contribution in [3.63, 3.8) is 0 Å². The van der Waals surface area contributed by atoms with Gasteiger partial charge in [-0.2, -0.15) is 0 Å². The van der Waals surface area contributed by atoms with E-state index in [9.17, 15) is 0 Å². The summed E-state index contributed by atoms with van der Waals surface area (Å²) in [5, 5.41) is 0. The number of piperidine rings is 1. The van der Waals surface area contributed by atoms with Gasteiger partial charge in [0.15, 0.2) is 0 Å². The number of nitrogens with zero attached hydrogens (tertiary/aromatic N) is 1. The van der Waals surface area contributed by atoms with E-state index in [0.717, 1.165) is 25.7 Å². The summed E-state index contributed by atoms with van der Waals surface area (Å²) in [6.07, 6.45) is 4.75. The van der Waals surface area contributed by atoms with Gasteiger partial charge in [-0.25, -0.2) is 0 Å². The Morgan fingerprint density at radius 2 is 1.93 bits per heavy atom. The minimum Gasteiger partial charge on any atom is -0.381 e. The number of ether oxygens (including phenoxy) is 1. The zero-order chi connectivity index (χ0) is 9.97. The van der Waals surface area contributed by atoms with Crippen LogP contribution < -0.4 is 5.73 Å². The molecule has 2 saturated heterocycles. The molecule has 82 valence electrons. The van der Waals surface area contributed by atoms with Crippen LogP contribution in [0.3, 0.4) is 0 Å². The molecule has 2 aliphatic rings. The summed E-state index contributed by atoms with van der Waals surface area (Å²) < 4.78 is 5.40. The molecule has 0 amide bonds. The first-order chi connectivity index (χ1) is 6.77. The summed E-state index contributed by atoms with van der Waals surface area (Å²) in [5.41, 5.74) is 5.97. The third-order valence-corrected chi connectivity index (χ3v) is 3.63. The van der Waals surface area contributed by atoms with E-state index in [1.54, 1.807) is 0 Å². The van der Waals surface area contributed by atoms with E-state index >= 15 is 0 Å². The van der Waals surface area contributed by atoms with Crippen molar-refractivity contribution in [3.05, 3.63) is 0 Å². The molecule has 0 spiro atoms. The molecule has 1 unspecified atom stereocenters. The SMILES string of the molecule is C[C@H]1CC(N)CCN1C1CCOCC1. The predicted molar refractivity (Wildman–Crippen MR) is 57.2 cm³/mol. The summed E-state index contributed by atoms with van der Waals surface area (Å²) in [5.74, 6) is 0. The topological polar surface area (TPSA) is 38.5 Å². The summed E-state index contributed by atoms with van der Waals surface area (Å²) in [6.45, 7) is 5.39. The van der Waals surface area contributed by atoms with Crippen LogP contribution in [0.2, 0.25) is 0 Å². The first-order valence-corrected chi connectivity index (χ1v) is 5.86. The highest BCUT2D eigenvalue weighted by Gasteiger charge is 2.29. The van der Waals surface area contributed by atoms with Crippen LogP contribution in [0.5, 0.6) is 0 Å². The van der Waals surface area contributed by atoms with E-state index in [4.69, 9.17) is 10.5 Å². The highest BCUT2D eigenvalue weighted by molar-refractivity contribution is 4.86. The van der Waals surface area contributed by atoms with E-state index in [0.29, 0.717) is 12.1 Å². The largest absolute Gasteiger partial charge is 0.381 e. The molecule has 2 heterocycles. The molecule has 2 rings (SSSR count). The number of rotatable bonds is 1. The lowest BCUT2D eigenvalue weighted by Crippen LogP contribution is -2.51. The molecular weight excluding hydrogens is 176 g/mol.